The number of rotatable bonds is 4. The molecule has 0 radical (unpaired) electrons. The minimum atomic E-state index is -0.378. The predicted molar refractivity (Wildman–Crippen MR) is 135 cm³/mol. The molecule has 0 saturated carbocycles. The zero-order valence-electron chi connectivity index (χ0n) is 18.2. The second-order valence-electron chi connectivity index (χ2n) is 8.93. The third-order valence-corrected chi connectivity index (χ3v) is 8.13. The van der Waals surface area contributed by atoms with Crippen LogP contribution in [0.1, 0.15) is 55.6 Å². The lowest BCUT2D eigenvalue weighted by molar-refractivity contribution is -0.117. The molecule has 5 rings (SSSR count). The highest BCUT2D eigenvalue weighted by Gasteiger charge is 2.43. The van der Waals surface area contributed by atoms with Crippen LogP contribution in [0.3, 0.4) is 0 Å². The van der Waals surface area contributed by atoms with Crippen LogP contribution in [-0.2, 0) is 16.0 Å². The first kappa shape index (κ1) is 22.6. The number of Topliss-reactive ketones (excluding diaryl/α,β-unsaturated/α-hetero) is 2. The molecule has 0 aromatic heterocycles. The monoisotopic (exact) mass is 569 g/mol. The van der Waals surface area contributed by atoms with Crippen LogP contribution in [0.25, 0.3) is 0 Å². The van der Waals surface area contributed by atoms with Gasteiger partial charge in [-0.15, -0.1) is 0 Å². The number of allylic oxidation sites excluding steroid dienone is 4. The molecule has 1 aliphatic heterocycles. The quantitative estimate of drug-likeness (QED) is 0.451. The molecule has 0 amide bonds. The summed E-state index contributed by atoms with van der Waals surface area (Å²) in [6, 6.07) is 14.1. The average Bonchev–Trinajstić information content (AvgIpc) is 2.81. The molecule has 0 saturated heterocycles. The fourth-order valence-electron chi connectivity index (χ4n) is 5.46. The van der Waals surface area contributed by atoms with E-state index >= 15 is 0 Å². The number of aromatic hydroxyl groups is 1. The predicted octanol–water partition coefficient (Wildman–Crippen LogP) is 6.57. The molecule has 170 valence electrons. The molecule has 0 atom stereocenters. The van der Waals surface area contributed by atoms with Crippen LogP contribution in [0.2, 0.25) is 0 Å². The number of carbonyl (C=O) groups is 2. The van der Waals surface area contributed by atoms with Gasteiger partial charge in [-0.2, -0.15) is 0 Å². The highest BCUT2D eigenvalue weighted by Crippen LogP contribution is 2.50. The van der Waals surface area contributed by atoms with Gasteiger partial charge in [-0.1, -0.05) is 30.3 Å². The topological polar surface area (TPSA) is 57.6 Å². The second-order valence-corrected chi connectivity index (χ2v) is 10.6. The number of hydrogen-bond donors (Lipinski definition) is 1. The molecular formula is C27H25Br2NO3. The third-order valence-electron chi connectivity index (χ3n) is 6.93. The van der Waals surface area contributed by atoms with Crippen LogP contribution in [0.5, 0.6) is 5.75 Å². The molecule has 2 aromatic rings. The minimum absolute atomic E-state index is 0.118. The first-order chi connectivity index (χ1) is 16.0. The van der Waals surface area contributed by atoms with E-state index in [1.54, 1.807) is 0 Å². The summed E-state index contributed by atoms with van der Waals surface area (Å²) in [5.74, 6) is 0.0107. The molecule has 2 aromatic carbocycles. The van der Waals surface area contributed by atoms with E-state index in [4.69, 9.17) is 0 Å². The number of hydrogen-bond acceptors (Lipinski definition) is 4. The van der Waals surface area contributed by atoms with Gasteiger partial charge in [-0.05, 0) is 87.2 Å². The largest absolute Gasteiger partial charge is 0.506 e. The zero-order chi connectivity index (χ0) is 23.1. The van der Waals surface area contributed by atoms with E-state index in [9.17, 15) is 14.7 Å². The van der Waals surface area contributed by atoms with E-state index in [0.29, 0.717) is 21.8 Å². The first-order valence-electron chi connectivity index (χ1n) is 11.5. The Morgan fingerprint density at radius 2 is 1.39 bits per heavy atom. The van der Waals surface area contributed by atoms with E-state index in [2.05, 4.69) is 48.9 Å². The van der Waals surface area contributed by atoms with Gasteiger partial charge in [0.25, 0.3) is 0 Å². The van der Waals surface area contributed by atoms with Crippen molar-refractivity contribution < 1.29 is 14.7 Å². The maximum absolute atomic E-state index is 13.4. The van der Waals surface area contributed by atoms with E-state index in [0.717, 1.165) is 66.8 Å². The summed E-state index contributed by atoms with van der Waals surface area (Å²) >= 11 is 6.88. The lowest BCUT2D eigenvalue weighted by Gasteiger charge is -2.44. The Hall–Kier alpha value is -2.18. The van der Waals surface area contributed by atoms with Crippen LogP contribution >= 0.6 is 31.9 Å². The second kappa shape index (κ2) is 9.22. The van der Waals surface area contributed by atoms with Crippen molar-refractivity contribution in [2.45, 2.75) is 50.9 Å². The molecule has 1 N–H and O–H groups in total. The van der Waals surface area contributed by atoms with Gasteiger partial charge in [-0.25, -0.2) is 0 Å². The number of carbonyl (C=O) groups excluding carboxylic acids is 2. The summed E-state index contributed by atoms with van der Waals surface area (Å²) in [5, 5.41) is 10.3. The Bertz CT molecular complexity index is 1130. The Balaban J connectivity index is 1.66. The van der Waals surface area contributed by atoms with Gasteiger partial charge >= 0.3 is 0 Å². The Kier molecular flexibility index (Phi) is 6.32. The van der Waals surface area contributed by atoms with Crippen molar-refractivity contribution in [2.24, 2.45) is 0 Å². The van der Waals surface area contributed by atoms with Gasteiger partial charge in [0, 0.05) is 47.8 Å². The van der Waals surface area contributed by atoms with Crippen molar-refractivity contribution in [1.82, 2.24) is 4.90 Å². The van der Waals surface area contributed by atoms with Crippen LogP contribution in [-0.4, -0.2) is 28.1 Å². The fourth-order valence-corrected chi connectivity index (χ4v) is 6.68. The molecule has 2 aliphatic carbocycles. The van der Waals surface area contributed by atoms with E-state index < -0.39 is 0 Å². The van der Waals surface area contributed by atoms with Gasteiger partial charge in [0.15, 0.2) is 11.6 Å². The van der Waals surface area contributed by atoms with Crippen molar-refractivity contribution in [3.8, 4) is 5.75 Å². The van der Waals surface area contributed by atoms with Crippen LogP contribution < -0.4 is 0 Å². The highest BCUT2D eigenvalue weighted by atomic mass is 79.9. The average molecular weight is 571 g/mol. The van der Waals surface area contributed by atoms with Crippen molar-refractivity contribution in [2.75, 3.05) is 6.54 Å². The molecule has 1 heterocycles. The standard InChI is InChI=1S/C27H25Br2NO3/c28-18-14-17(15-19(29)27(18)33)24-25-20(8-4-10-22(25)31)30(13-12-16-6-2-1-3-7-16)21-9-5-11-23(32)26(21)24/h1-3,6-7,14-15,24,33H,4-5,8-13H2. The fraction of sp³-hybridized carbons (Fsp3) is 0.333. The molecule has 0 unspecified atom stereocenters. The summed E-state index contributed by atoms with van der Waals surface area (Å²) in [5.41, 5.74) is 5.82. The summed E-state index contributed by atoms with van der Waals surface area (Å²) in [6.45, 7) is 0.762. The number of phenolic OH excluding ortho intramolecular Hbond substituents is 1. The Morgan fingerprint density at radius 3 is 1.94 bits per heavy atom. The zero-order valence-corrected chi connectivity index (χ0v) is 21.4. The molecule has 6 heteroatoms. The smallest absolute Gasteiger partial charge is 0.161 e. The molecular weight excluding hydrogens is 546 g/mol. The molecule has 3 aliphatic rings. The van der Waals surface area contributed by atoms with Crippen LogP contribution in [0, 0.1) is 0 Å². The van der Waals surface area contributed by atoms with Crippen LogP contribution in [0.4, 0.5) is 0 Å². The van der Waals surface area contributed by atoms with E-state index in [1.165, 1.54) is 5.56 Å². The molecule has 0 bridgehead atoms. The molecule has 0 spiro atoms. The SMILES string of the molecule is O=C1CCCC2=C1C(c1cc(Br)c(O)c(Br)c1)C1=C(CCCC1=O)N2CCc1ccccc1. The number of phenols is 1. The first-order valence-corrected chi connectivity index (χ1v) is 13.1. The summed E-state index contributed by atoms with van der Waals surface area (Å²) in [6.07, 6.45) is 5.25. The number of ketones is 2. The molecule has 0 fully saturated rings. The Morgan fingerprint density at radius 1 is 0.848 bits per heavy atom. The number of nitrogens with zero attached hydrogens (tertiary/aromatic N) is 1. The van der Waals surface area contributed by atoms with Crippen LogP contribution in [0.15, 0.2) is 74.0 Å². The molecule has 33 heavy (non-hydrogen) atoms. The van der Waals surface area contributed by atoms with Crippen molar-refractivity contribution >= 4 is 43.4 Å². The summed E-state index contributed by atoms with van der Waals surface area (Å²) in [7, 11) is 0. The lowest BCUT2D eigenvalue weighted by Crippen LogP contribution is -2.40. The maximum Gasteiger partial charge on any atom is 0.161 e. The highest BCUT2D eigenvalue weighted by molar-refractivity contribution is 9.11. The van der Waals surface area contributed by atoms with Crippen molar-refractivity contribution in [1.29, 1.82) is 0 Å². The normalized spacial score (nSPS) is 19.2. The van der Waals surface area contributed by atoms with Gasteiger partial charge in [0.1, 0.15) is 5.75 Å². The van der Waals surface area contributed by atoms with Gasteiger partial charge < -0.3 is 10.0 Å². The van der Waals surface area contributed by atoms with Gasteiger partial charge in [0.2, 0.25) is 0 Å². The maximum atomic E-state index is 13.4. The Labute approximate surface area is 210 Å². The van der Waals surface area contributed by atoms with E-state index in [1.807, 2.05) is 30.3 Å². The molecule has 4 nitrogen and oxygen atoms in total. The minimum Gasteiger partial charge on any atom is -0.506 e. The summed E-state index contributed by atoms with van der Waals surface area (Å²) in [4.78, 5) is 29.0. The van der Waals surface area contributed by atoms with E-state index in [-0.39, 0.29) is 23.2 Å². The van der Waals surface area contributed by atoms with Gasteiger partial charge in [0.05, 0.1) is 8.95 Å². The number of halogens is 2. The van der Waals surface area contributed by atoms with Crippen molar-refractivity contribution in [3.05, 3.63) is 85.1 Å². The van der Waals surface area contributed by atoms with Gasteiger partial charge in [-0.3, -0.25) is 9.59 Å². The third kappa shape index (κ3) is 4.12. The number of benzene rings is 2. The lowest BCUT2D eigenvalue weighted by atomic mass is 9.71. The summed E-state index contributed by atoms with van der Waals surface area (Å²) < 4.78 is 1.10. The van der Waals surface area contributed by atoms with Crippen molar-refractivity contribution in [3.63, 3.8) is 0 Å².